The second-order valence-electron chi connectivity index (χ2n) is 8.91. The number of nitrogens with one attached hydrogen (secondary N) is 1. The summed E-state index contributed by atoms with van der Waals surface area (Å²) >= 11 is 0. The lowest BCUT2D eigenvalue weighted by Gasteiger charge is -2.36. The first-order valence-electron chi connectivity index (χ1n) is 11.4. The maximum absolute atomic E-state index is 14.8. The number of H-pyrrole nitrogens is 1. The number of aromatic amines is 1. The Morgan fingerprint density at radius 3 is 2.56 bits per heavy atom. The molecule has 2 aromatic carbocycles. The zero-order chi connectivity index (χ0) is 22.7. The summed E-state index contributed by atoms with van der Waals surface area (Å²) in [6.45, 7) is 6.11. The lowest BCUT2D eigenvalue weighted by atomic mass is 9.95. The van der Waals surface area contributed by atoms with E-state index in [1.807, 2.05) is 60.0 Å². The molecule has 0 atom stereocenters. The van der Waals surface area contributed by atoms with Crippen LogP contribution in [0.3, 0.4) is 0 Å². The van der Waals surface area contributed by atoms with Crippen molar-refractivity contribution < 1.29 is 13.6 Å². The van der Waals surface area contributed by atoms with E-state index < -0.39 is 5.92 Å². The molecule has 0 aliphatic carbocycles. The van der Waals surface area contributed by atoms with Crippen molar-refractivity contribution in [2.75, 3.05) is 32.7 Å². The predicted octanol–water partition coefficient (Wildman–Crippen LogP) is 5.44. The number of rotatable bonds is 7. The van der Waals surface area contributed by atoms with Gasteiger partial charge in [0.1, 0.15) is 5.69 Å². The van der Waals surface area contributed by atoms with Crippen LogP contribution in [-0.4, -0.2) is 53.4 Å². The molecule has 4 nitrogen and oxygen atoms in total. The molecule has 4 rings (SSSR count). The maximum atomic E-state index is 14.8. The molecule has 1 fully saturated rings. The van der Waals surface area contributed by atoms with E-state index >= 15 is 0 Å². The first-order chi connectivity index (χ1) is 15.4. The molecule has 1 N–H and O–H groups in total. The number of carbonyl (C=O) groups excluding carboxylic acids is 1. The van der Waals surface area contributed by atoms with Crippen LogP contribution >= 0.6 is 0 Å². The Balaban J connectivity index is 1.33. The minimum Gasteiger partial charge on any atom is -0.351 e. The first-order valence-corrected chi connectivity index (χ1v) is 11.4. The number of hydrogen-bond acceptors (Lipinski definition) is 2. The van der Waals surface area contributed by atoms with Crippen LogP contribution in [0.15, 0.2) is 54.6 Å². The summed E-state index contributed by atoms with van der Waals surface area (Å²) in [4.78, 5) is 20.0. The van der Waals surface area contributed by atoms with Gasteiger partial charge >= 0.3 is 0 Å². The standard InChI is InChI=1S/C26H31F2N3O/c1-3-31(25(32)24-16-21-8-4-5-10-23(21)29-24)17-20-11-13-30(14-12-20)18-26(27,28)22-9-6-7-19(2)15-22/h4-10,15-16,20,29H,3,11-14,17-18H2,1-2H3. The number of hydrogen-bond donors (Lipinski definition) is 1. The number of likely N-dealkylation sites (tertiary alicyclic amines) is 1. The van der Waals surface area contributed by atoms with Crippen molar-refractivity contribution in [2.24, 2.45) is 5.92 Å². The van der Waals surface area contributed by atoms with E-state index in [1.165, 1.54) is 6.07 Å². The minimum atomic E-state index is -2.86. The number of aryl methyl sites for hydroxylation is 1. The van der Waals surface area contributed by atoms with E-state index in [-0.39, 0.29) is 18.0 Å². The van der Waals surface area contributed by atoms with Gasteiger partial charge in [-0.2, -0.15) is 8.78 Å². The third kappa shape index (κ3) is 5.01. The summed E-state index contributed by atoms with van der Waals surface area (Å²) in [5.74, 6) is -2.54. The lowest BCUT2D eigenvalue weighted by molar-refractivity contribution is -0.0451. The fraction of sp³-hybridized carbons (Fsp3) is 0.423. The van der Waals surface area contributed by atoms with E-state index in [0.717, 1.165) is 29.3 Å². The van der Waals surface area contributed by atoms with Gasteiger partial charge in [-0.05, 0) is 57.8 Å². The SMILES string of the molecule is CCN(CC1CCN(CC(F)(F)c2cccc(C)c2)CC1)C(=O)c1cc2ccccc2[nH]1. The zero-order valence-electron chi connectivity index (χ0n) is 18.8. The normalized spacial score (nSPS) is 15.9. The van der Waals surface area contributed by atoms with Crippen molar-refractivity contribution in [3.8, 4) is 0 Å². The highest BCUT2D eigenvalue weighted by Crippen LogP contribution is 2.31. The van der Waals surface area contributed by atoms with Crippen LogP contribution in [0.5, 0.6) is 0 Å². The average Bonchev–Trinajstić information content (AvgIpc) is 3.22. The smallest absolute Gasteiger partial charge is 0.285 e. The number of benzene rings is 2. The van der Waals surface area contributed by atoms with Crippen molar-refractivity contribution in [3.05, 3.63) is 71.4 Å². The van der Waals surface area contributed by atoms with Crippen LogP contribution < -0.4 is 0 Å². The van der Waals surface area contributed by atoms with Gasteiger partial charge in [0, 0.05) is 29.6 Å². The molecule has 0 unspecified atom stereocenters. The molecular weight excluding hydrogens is 408 g/mol. The molecular formula is C26H31F2N3O. The third-order valence-electron chi connectivity index (χ3n) is 6.48. The van der Waals surface area contributed by atoms with Crippen molar-refractivity contribution in [2.45, 2.75) is 32.6 Å². The summed E-state index contributed by atoms with van der Waals surface area (Å²) in [7, 11) is 0. The molecule has 6 heteroatoms. The van der Waals surface area contributed by atoms with E-state index in [9.17, 15) is 13.6 Å². The molecule has 32 heavy (non-hydrogen) atoms. The van der Waals surface area contributed by atoms with Crippen LogP contribution in [0.4, 0.5) is 8.78 Å². The molecule has 2 heterocycles. The van der Waals surface area contributed by atoms with Gasteiger partial charge in [-0.25, -0.2) is 0 Å². The van der Waals surface area contributed by atoms with Crippen molar-refractivity contribution >= 4 is 16.8 Å². The Morgan fingerprint density at radius 1 is 1.12 bits per heavy atom. The Hall–Kier alpha value is -2.73. The maximum Gasteiger partial charge on any atom is 0.285 e. The third-order valence-corrected chi connectivity index (χ3v) is 6.48. The van der Waals surface area contributed by atoms with E-state index in [1.54, 1.807) is 12.1 Å². The predicted molar refractivity (Wildman–Crippen MR) is 124 cm³/mol. The number of fused-ring (bicyclic) bond motifs is 1. The van der Waals surface area contributed by atoms with Gasteiger partial charge < -0.3 is 9.88 Å². The molecule has 0 radical (unpaired) electrons. The van der Waals surface area contributed by atoms with Crippen LogP contribution in [0, 0.1) is 12.8 Å². The Labute approximate surface area is 188 Å². The van der Waals surface area contributed by atoms with Crippen molar-refractivity contribution in [1.82, 2.24) is 14.8 Å². The summed E-state index contributed by atoms with van der Waals surface area (Å²) < 4.78 is 29.5. The van der Waals surface area contributed by atoms with Gasteiger partial charge in [0.2, 0.25) is 0 Å². The number of para-hydroxylation sites is 1. The molecule has 0 saturated carbocycles. The highest BCUT2D eigenvalue weighted by atomic mass is 19.3. The first kappa shape index (κ1) is 22.5. The average molecular weight is 440 g/mol. The number of halogens is 2. The topological polar surface area (TPSA) is 39.3 Å². The monoisotopic (exact) mass is 439 g/mol. The van der Waals surface area contributed by atoms with Gasteiger partial charge in [0.05, 0.1) is 6.54 Å². The highest BCUT2D eigenvalue weighted by Gasteiger charge is 2.35. The lowest BCUT2D eigenvalue weighted by Crippen LogP contribution is -2.44. The van der Waals surface area contributed by atoms with E-state index in [0.29, 0.717) is 37.8 Å². The number of aromatic nitrogens is 1. The van der Waals surface area contributed by atoms with Gasteiger partial charge in [0.25, 0.3) is 11.8 Å². The molecule has 1 amide bonds. The molecule has 170 valence electrons. The second-order valence-corrected chi connectivity index (χ2v) is 8.91. The van der Waals surface area contributed by atoms with Crippen LogP contribution in [0.1, 0.15) is 41.4 Å². The minimum absolute atomic E-state index is 0.00268. The van der Waals surface area contributed by atoms with Crippen LogP contribution in [0.25, 0.3) is 10.9 Å². The molecule has 3 aromatic rings. The van der Waals surface area contributed by atoms with Crippen molar-refractivity contribution in [3.63, 3.8) is 0 Å². The Bertz CT molecular complexity index is 1040. The zero-order valence-corrected chi connectivity index (χ0v) is 18.8. The quantitative estimate of drug-likeness (QED) is 0.532. The molecule has 0 spiro atoms. The fourth-order valence-corrected chi connectivity index (χ4v) is 4.60. The van der Waals surface area contributed by atoms with E-state index in [4.69, 9.17) is 0 Å². The molecule has 1 saturated heterocycles. The number of nitrogens with zero attached hydrogens (tertiary/aromatic N) is 2. The van der Waals surface area contributed by atoms with Gasteiger partial charge in [-0.1, -0.05) is 48.0 Å². The van der Waals surface area contributed by atoms with E-state index in [2.05, 4.69) is 4.98 Å². The molecule has 1 aliphatic rings. The van der Waals surface area contributed by atoms with Gasteiger partial charge in [0.15, 0.2) is 0 Å². The number of carbonyl (C=O) groups is 1. The summed E-state index contributed by atoms with van der Waals surface area (Å²) in [6, 6.07) is 16.4. The molecule has 0 bridgehead atoms. The number of alkyl halides is 2. The highest BCUT2D eigenvalue weighted by molar-refractivity contribution is 5.98. The van der Waals surface area contributed by atoms with Crippen LogP contribution in [0.2, 0.25) is 0 Å². The van der Waals surface area contributed by atoms with Gasteiger partial charge in [-0.15, -0.1) is 0 Å². The fourth-order valence-electron chi connectivity index (χ4n) is 4.60. The largest absolute Gasteiger partial charge is 0.351 e. The summed E-state index contributed by atoms with van der Waals surface area (Å²) in [5.41, 5.74) is 2.49. The Kier molecular flexibility index (Phi) is 6.60. The number of amides is 1. The van der Waals surface area contributed by atoms with Crippen molar-refractivity contribution in [1.29, 1.82) is 0 Å². The summed E-state index contributed by atoms with van der Waals surface area (Å²) in [6.07, 6.45) is 1.64. The Morgan fingerprint density at radius 2 is 1.88 bits per heavy atom. The number of piperidine rings is 1. The molecule has 1 aromatic heterocycles. The second kappa shape index (κ2) is 9.41. The van der Waals surface area contributed by atoms with Gasteiger partial charge in [-0.3, -0.25) is 9.69 Å². The summed E-state index contributed by atoms with van der Waals surface area (Å²) in [5, 5.41) is 1.02. The molecule has 1 aliphatic heterocycles. The van der Waals surface area contributed by atoms with Crippen LogP contribution in [-0.2, 0) is 5.92 Å².